The lowest BCUT2D eigenvalue weighted by Gasteiger charge is -2.11. The van der Waals surface area contributed by atoms with Crippen molar-refractivity contribution in [2.24, 2.45) is 0 Å². The fourth-order valence-corrected chi connectivity index (χ4v) is 4.06. The first-order chi connectivity index (χ1) is 13.7. The van der Waals surface area contributed by atoms with Gasteiger partial charge in [-0.3, -0.25) is 0 Å². The van der Waals surface area contributed by atoms with Gasteiger partial charge >= 0.3 is 0 Å². The Balaban J connectivity index is 1.53. The zero-order valence-corrected chi connectivity index (χ0v) is 16.9. The second-order valence-electron chi connectivity index (χ2n) is 7.54. The summed E-state index contributed by atoms with van der Waals surface area (Å²) in [7, 11) is 1.71. The first kappa shape index (κ1) is 18.7. The number of aryl methyl sites for hydroxylation is 1. The Morgan fingerprint density at radius 2 is 1.96 bits per heavy atom. The number of rotatable bonds is 4. The lowest BCUT2D eigenvalue weighted by molar-refractivity contribution is 0.348. The molecule has 2 aliphatic rings. The molecule has 0 spiro atoms. The minimum atomic E-state index is 0.890. The summed E-state index contributed by atoms with van der Waals surface area (Å²) >= 11 is 0. The van der Waals surface area contributed by atoms with E-state index >= 15 is 0 Å². The maximum atomic E-state index is 5.36. The van der Waals surface area contributed by atoms with Crippen LogP contribution in [0.5, 0.6) is 5.75 Å². The maximum absolute atomic E-state index is 5.36. The molecule has 1 aromatic carbocycles. The van der Waals surface area contributed by atoms with E-state index in [1.54, 1.807) is 7.11 Å². The highest BCUT2D eigenvalue weighted by molar-refractivity contribution is 5.87. The van der Waals surface area contributed by atoms with Gasteiger partial charge in [0.25, 0.3) is 0 Å². The number of methoxy groups -OCH3 is 1. The molecular formula is C25H28N2O. The number of hydrogen-bond donors (Lipinski definition) is 0. The van der Waals surface area contributed by atoms with E-state index in [9.17, 15) is 0 Å². The van der Waals surface area contributed by atoms with Crippen molar-refractivity contribution in [1.82, 2.24) is 9.47 Å². The van der Waals surface area contributed by atoms with Crippen LogP contribution in [0.2, 0.25) is 0 Å². The Morgan fingerprint density at radius 1 is 1.11 bits per heavy atom. The lowest BCUT2D eigenvalue weighted by Crippen LogP contribution is -2.19. The molecule has 0 unspecified atom stereocenters. The van der Waals surface area contributed by atoms with Gasteiger partial charge in [0.1, 0.15) is 5.75 Å². The summed E-state index contributed by atoms with van der Waals surface area (Å²) in [6, 6.07) is 8.45. The zero-order chi connectivity index (χ0) is 19.3. The number of allylic oxidation sites excluding steroid dienone is 6. The fraction of sp³-hybridized carbons (Fsp3) is 0.360. The highest BCUT2D eigenvalue weighted by Crippen LogP contribution is 2.28. The average molecular weight is 373 g/mol. The van der Waals surface area contributed by atoms with Crippen LogP contribution in [-0.2, 0) is 0 Å². The molecule has 0 N–H and O–H groups in total. The van der Waals surface area contributed by atoms with E-state index in [-0.39, 0.29) is 0 Å². The third-order valence-electron chi connectivity index (χ3n) is 5.53. The number of nitrogens with zero attached hydrogens (tertiary/aromatic N) is 2. The summed E-state index contributed by atoms with van der Waals surface area (Å²) < 4.78 is 7.66. The van der Waals surface area contributed by atoms with Crippen LogP contribution in [0.25, 0.3) is 16.6 Å². The molecule has 0 amide bonds. The molecule has 0 bridgehead atoms. The number of ether oxygens (including phenoxy) is 1. The number of fused-ring (bicyclic) bond motifs is 1. The topological polar surface area (TPSA) is 17.4 Å². The molecule has 1 aliphatic carbocycles. The number of aromatic nitrogens is 1. The SMILES string of the molecule is COc1ccc2c(c1)cc(C)n2C1=CC=C(C#CCCN2CCCC2)CC=C1. The second kappa shape index (κ2) is 8.54. The Morgan fingerprint density at radius 3 is 2.79 bits per heavy atom. The van der Waals surface area contributed by atoms with E-state index in [1.165, 1.54) is 53.8 Å². The van der Waals surface area contributed by atoms with Crippen LogP contribution in [0.15, 0.2) is 54.1 Å². The minimum Gasteiger partial charge on any atom is -0.497 e. The quantitative estimate of drug-likeness (QED) is 0.689. The Labute approximate surface area is 168 Å². The van der Waals surface area contributed by atoms with Crippen molar-refractivity contribution in [3.63, 3.8) is 0 Å². The molecule has 1 aliphatic heterocycles. The summed E-state index contributed by atoms with van der Waals surface area (Å²) in [5, 5.41) is 1.20. The van der Waals surface area contributed by atoms with Crippen LogP contribution < -0.4 is 4.74 Å². The summed E-state index contributed by atoms with van der Waals surface area (Å²) in [5.41, 5.74) is 4.77. The van der Waals surface area contributed by atoms with Crippen LogP contribution in [0.4, 0.5) is 0 Å². The van der Waals surface area contributed by atoms with Crippen LogP contribution in [0.1, 0.15) is 31.4 Å². The third-order valence-corrected chi connectivity index (χ3v) is 5.53. The van der Waals surface area contributed by atoms with Gasteiger partial charge in [-0.25, -0.2) is 0 Å². The van der Waals surface area contributed by atoms with Gasteiger partial charge in [0, 0.05) is 35.3 Å². The van der Waals surface area contributed by atoms with Crippen molar-refractivity contribution in [2.75, 3.05) is 26.7 Å². The Hall–Kier alpha value is -2.70. The first-order valence-corrected chi connectivity index (χ1v) is 10.2. The zero-order valence-electron chi connectivity index (χ0n) is 16.9. The Bertz CT molecular complexity index is 1000. The molecule has 0 radical (unpaired) electrons. The largest absolute Gasteiger partial charge is 0.497 e. The minimum absolute atomic E-state index is 0.890. The van der Waals surface area contributed by atoms with Gasteiger partial charge in [-0.2, -0.15) is 0 Å². The molecule has 28 heavy (non-hydrogen) atoms. The molecule has 0 atom stereocenters. The number of benzene rings is 1. The van der Waals surface area contributed by atoms with Crippen molar-refractivity contribution in [1.29, 1.82) is 0 Å². The van der Waals surface area contributed by atoms with Gasteiger partial charge in [0.15, 0.2) is 0 Å². The summed E-state index contributed by atoms with van der Waals surface area (Å²) in [6.45, 7) is 5.74. The van der Waals surface area contributed by atoms with Crippen molar-refractivity contribution in [2.45, 2.75) is 32.6 Å². The van der Waals surface area contributed by atoms with Crippen LogP contribution in [0.3, 0.4) is 0 Å². The van der Waals surface area contributed by atoms with Gasteiger partial charge in [-0.05, 0) is 81.8 Å². The van der Waals surface area contributed by atoms with E-state index in [1.807, 2.05) is 6.07 Å². The second-order valence-corrected chi connectivity index (χ2v) is 7.54. The highest BCUT2D eigenvalue weighted by Gasteiger charge is 2.11. The molecule has 4 rings (SSSR count). The van der Waals surface area contributed by atoms with Gasteiger partial charge in [-0.15, -0.1) is 0 Å². The molecular weight excluding hydrogens is 344 g/mol. The van der Waals surface area contributed by atoms with E-state index in [0.717, 1.165) is 25.1 Å². The van der Waals surface area contributed by atoms with Crippen molar-refractivity contribution < 1.29 is 4.74 Å². The van der Waals surface area contributed by atoms with Crippen LogP contribution in [-0.4, -0.2) is 36.2 Å². The molecule has 1 aromatic heterocycles. The van der Waals surface area contributed by atoms with Crippen LogP contribution in [0, 0.1) is 18.8 Å². The molecule has 0 saturated carbocycles. The average Bonchev–Trinajstić information content (AvgIpc) is 3.26. The molecule has 2 heterocycles. The normalized spacial score (nSPS) is 17.1. The number of likely N-dealkylation sites (tertiary alicyclic amines) is 1. The van der Waals surface area contributed by atoms with Gasteiger partial charge < -0.3 is 14.2 Å². The van der Waals surface area contributed by atoms with Gasteiger partial charge in [0.05, 0.1) is 12.6 Å². The molecule has 1 saturated heterocycles. The van der Waals surface area contributed by atoms with Crippen molar-refractivity contribution >= 4 is 16.6 Å². The van der Waals surface area contributed by atoms with Crippen molar-refractivity contribution in [3.05, 3.63) is 59.8 Å². The van der Waals surface area contributed by atoms with E-state index in [0.29, 0.717) is 0 Å². The fourth-order valence-electron chi connectivity index (χ4n) is 4.06. The van der Waals surface area contributed by atoms with Gasteiger partial charge in [-0.1, -0.05) is 17.9 Å². The predicted octanol–water partition coefficient (Wildman–Crippen LogP) is 5.17. The third kappa shape index (κ3) is 4.08. The summed E-state index contributed by atoms with van der Waals surface area (Å²) in [6.07, 6.45) is 13.3. The van der Waals surface area contributed by atoms with E-state index in [2.05, 4.69) is 70.7 Å². The monoisotopic (exact) mass is 372 g/mol. The van der Waals surface area contributed by atoms with Gasteiger partial charge in [0.2, 0.25) is 0 Å². The van der Waals surface area contributed by atoms with Crippen LogP contribution >= 0.6 is 0 Å². The highest BCUT2D eigenvalue weighted by atomic mass is 16.5. The standard InChI is InChI=1S/C25H28N2O/c1-20-18-22-19-24(28-2)13-14-25(22)27(20)23-10-7-9-21(11-12-23)8-3-4-15-26-16-5-6-17-26/h7,10-14,18-19H,4-6,9,15-17H2,1-2H3. The number of hydrogen-bond acceptors (Lipinski definition) is 2. The molecule has 2 aromatic rings. The molecule has 144 valence electrons. The maximum Gasteiger partial charge on any atom is 0.119 e. The summed E-state index contributed by atoms with van der Waals surface area (Å²) in [5.74, 6) is 7.64. The molecule has 3 nitrogen and oxygen atoms in total. The van der Waals surface area contributed by atoms with Crippen molar-refractivity contribution in [3.8, 4) is 17.6 Å². The first-order valence-electron chi connectivity index (χ1n) is 10.2. The molecule has 1 fully saturated rings. The lowest BCUT2D eigenvalue weighted by atomic mass is 10.2. The predicted molar refractivity (Wildman–Crippen MR) is 117 cm³/mol. The summed E-state index contributed by atoms with van der Waals surface area (Å²) in [4.78, 5) is 2.52. The van der Waals surface area contributed by atoms with E-state index < -0.39 is 0 Å². The smallest absolute Gasteiger partial charge is 0.119 e. The Kier molecular flexibility index (Phi) is 5.69. The molecule has 3 heteroatoms. The van der Waals surface area contributed by atoms with E-state index in [4.69, 9.17) is 4.74 Å².